The topological polar surface area (TPSA) is 107 Å². The maximum absolute atomic E-state index is 12.4. The molecule has 1 atom stereocenters. The Balaban J connectivity index is 1.54. The maximum atomic E-state index is 12.4. The summed E-state index contributed by atoms with van der Waals surface area (Å²) in [5, 5.41) is 10.5. The molecule has 0 bridgehead atoms. The van der Waals surface area contributed by atoms with Crippen LogP contribution in [0.3, 0.4) is 0 Å². The second-order valence-corrected chi connectivity index (χ2v) is 7.50. The lowest BCUT2D eigenvalue weighted by atomic mass is 10.2. The molecule has 3 aromatic rings. The van der Waals surface area contributed by atoms with E-state index in [0.29, 0.717) is 29.8 Å². The van der Waals surface area contributed by atoms with Crippen LogP contribution in [0.4, 0.5) is 5.82 Å². The van der Waals surface area contributed by atoms with Crippen molar-refractivity contribution in [2.24, 2.45) is 0 Å². The summed E-state index contributed by atoms with van der Waals surface area (Å²) in [7, 11) is 0. The van der Waals surface area contributed by atoms with Gasteiger partial charge in [-0.1, -0.05) is 0 Å². The first-order valence-electron chi connectivity index (χ1n) is 10.1. The second-order valence-electron chi connectivity index (χ2n) is 7.50. The number of nitrogens with one attached hydrogen (secondary N) is 2. The predicted octanol–water partition coefficient (Wildman–Crippen LogP) is 2.55. The third-order valence-corrected chi connectivity index (χ3v) is 4.85. The van der Waals surface area contributed by atoms with Crippen LogP contribution in [-0.2, 0) is 9.53 Å². The van der Waals surface area contributed by atoms with Crippen LogP contribution in [0, 0.1) is 20.8 Å². The van der Waals surface area contributed by atoms with Crippen LogP contribution in [-0.4, -0.2) is 51.5 Å². The molecule has 4 heterocycles. The lowest BCUT2D eigenvalue weighted by Crippen LogP contribution is -2.33. The van der Waals surface area contributed by atoms with Crippen molar-refractivity contribution in [3.05, 3.63) is 41.4 Å². The predicted molar refractivity (Wildman–Crippen MR) is 112 cm³/mol. The number of furan rings is 1. The lowest BCUT2D eigenvalue weighted by molar-refractivity contribution is -0.115. The summed E-state index contributed by atoms with van der Waals surface area (Å²) in [4.78, 5) is 21.5. The second kappa shape index (κ2) is 8.76. The Kier molecular flexibility index (Phi) is 5.91. The molecular weight excluding hydrogens is 384 g/mol. The van der Waals surface area contributed by atoms with E-state index in [1.807, 2.05) is 39.0 Å². The molecule has 4 rings (SSSR count). The van der Waals surface area contributed by atoms with Gasteiger partial charge in [-0.3, -0.25) is 4.79 Å². The van der Waals surface area contributed by atoms with Crippen LogP contribution in [0.25, 0.3) is 17.4 Å². The summed E-state index contributed by atoms with van der Waals surface area (Å²) in [6.45, 7) is 7.36. The van der Waals surface area contributed by atoms with Crippen molar-refractivity contribution in [2.75, 3.05) is 25.0 Å². The molecule has 9 nitrogen and oxygen atoms in total. The summed E-state index contributed by atoms with van der Waals surface area (Å²) in [5.74, 6) is 2.43. The van der Waals surface area contributed by atoms with Gasteiger partial charge in [0.1, 0.15) is 11.6 Å². The fourth-order valence-electron chi connectivity index (χ4n) is 3.47. The molecule has 0 aromatic carbocycles. The number of anilines is 1. The van der Waals surface area contributed by atoms with E-state index in [0.717, 1.165) is 36.6 Å². The molecule has 1 unspecified atom stereocenters. The van der Waals surface area contributed by atoms with Crippen molar-refractivity contribution in [1.29, 1.82) is 0 Å². The SMILES string of the molecule is Cc1cc(C)n(-c2cc(NC(=O)CNCC3CCCO3)nc(-c3ccc(C)o3)n2)n1. The van der Waals surface area contributed by atoms with Crippen molar-refractivity contribution in [3.63, 3.8) is 0 Å². The zero-order chi connectivity index (χ0) is 21.1. The molecule has 30 heavy (non-hydrogen) atoms. The molecule has 2 N–H and O–H groups in total. The molecule has 1 amide bonds. The van der Waals surface area contributed by atoms with Crippen LogP contribution < -0.4 is 10.6 Å². The fraction of sp³-hybridized carbons (Fsp3) is 0.429. The van der Waals surface area contributed by atoms with Gasteiger partial charge < -0.3 is 19.8 Å². The summed E-state index contributed by atoms with van der Waals surface area (Å²) in [6, 6.07) is 7.33. The molecule has 1 fully saturated rings. The normalized spacial score (nSPS) is 16.2. The number of nitrogens with zero attached hydrogens (tertiary/aromatic N) is 4. The molecule has 0 aliphatic carbocycles. The van der Waals surface area contributed by atoms with E-state index in [-0.39, 0.29) is 18.6 Å². The Labute approximate surface area is 174 Å². The molecule has 0 spiro atoms. The van der Waals surface area contributed by atoms with Gasteiger partial charge in [0.2, 0.25) is 5.91 Å². The van der Waals surface area contributed by atoms with Crippen LogP contribution in [0.15, 0.2) is 28.7 Å². The smallest absolute Gasteiger partial charge is 0.239 e. The van der Waals surface area contributed by atoms with Gasteiger partial charge >= 0.3 is 0 Å². The summed E-state index contributed by atoms with van der Waals surface area (Å²) in [5.41, 5.74) is 1.81. The van der Waals surface area contributed by atoms with Gasteiger partial charge in [0, 0.05) is 24.9 Å². The van der Waals surface area contributed by atoms with Gasteiger partial charge in [-0.2, -0.15) is 5.10 Å². The van der Waals surface area contributed by atoms with E-state index in [1.54, 1.807) is 10.7 Å². The third-order valence-electron chi connectivity index (χ3n) is 4.85. The van der Waals surface area contributed by atoms with Crippen molar-refractivity contribution in [3.8, 4) is 17.4 Å². The van der Waals surface area contributed by atoms with Crippen LogP contribution in [0.1, 0.15) is 30.0 Å². The minimum atomic E-state index is -0.187. The van der Waals surface area contributed by atoms with E-state index in [9.17, 15) is 4.79 Å². The Morgan fingerprint density at radius 1 is 1.23 bits per heavy atom. The molecule has 1 aliphatic heterocycles. The molecule has 1 saturated heterocycles. The first kappa shape index (κ1) is 20.2. The average Bonchev–Trinajstić information content (AvgIpc) is 3.43. The number of amides is 1. The number of hydrogen-bond acceptors (Lipinski definition) is 7. The maximum Gasteiger partial charge on any atom is 0.239 e. The standard InChI is InChI=1S/C21H26N6O3/c1-13-9-14(2)27(26-13)19-10-18(24-21(25-19)17-7-6-15(3)30-17)23-20(28)12-22-11-16-5-4-8-29-16/h6-7,9-10,16,22H,4-5,8,11-12H2,1-3H3,(H,23,24,25,28). The van der Waals surface area contributed by atoms with Crippen LogP contribution >= 0.6 is 0 Å². The quantitative estimate of drug-likeness (QED) is 0.616. The van der Waals surface area contributed by atoms with E-state index in [4.69, 9.17) is 9.15 Å². The average molecular weight is 410 g/mol. The summed E-state index contributed by atoms with van der Waals surface area (Å²) in [6.07, 6.45) is 2.28. The van der Waals surface area contributed by atoms with Crippen molar-refractivity contribution in [1.82, 2.24) is 25.1 Å². The number of carbonyl (C=O) groups excluding carboxylic acids is 1. The van der Waals surface area contributed by atoms with E-state index in [1.165, 1.54) is 0 Å². The molecule has 158 valence electrons. The van der Waals surface area contributed by atoms with E-state index >= 15 is 0 Å². The molecule has 3 aromatic heterocycles. The number of aryl methyl sites for hydroxylation is 3. The number of ether oxygens (including phenoxy) is 1. The minimum Gasteiger partial charge on any atom is -0.458 e. The van der Waals surface area contributed by atoms with Crippen molar-refractivity contribution in [2.45, 2.75) is 39.7 Å². The van der Waals surface area contributed by atoms with Crippen LogP contribution in [0.2, 0.25) is 0 Å². The van der Waals surface area contributed by atoms with E-state index in [2.05, 4.69) is 25.7 Å². The number of rotatable bonds is 7. The van der Waals surface area contributed by atoms with Crippen LogP contribution in [0.5, 0.6) is 0 Å². The first-order valence-corrected chi connectivity index (χ1v) is 10.1. The van der Waals surface area contributed by atoms with Gasteiger partial charge in [0.25, 0.3) is 0 Å². The fourth-order valence-corrected chi connectivity index (χ4v) is 3.47. The van der Waals surface area contributed by atoms with Gasteiger partial charge in [-0.15, -0.1) is 0 Å². The third kappa shape index (κ3) is 4.74. The van der Waals surface area contributed by atoms with Crippen molar-refractivity contribution < 1.29 is 13.9 Å². The van der Waals surface area contributed by atoms with E-state index < -0.39 is 0 Å². The van der Waals surface area contributed by atoms with Crippen molar-refractivity contribution >= 4 is 11.7 Å². The molecule has 0 saturated carbocycles. The number of hydrogen-bond donors (Lipinski definition) is 2. The number of aromatic nitrogens is 4. The Hall–Kier alpha value is -3.04. The zero-order valence-corrected chi connectivity index (χ0v) is 17.4. The van der Waals surface area contributed by atoms with Gasteiger partial charge in [-0.25, -0.2) is 14.6 Å². The van der Waals surface area contributed by atoms with Gasteiger partial charge in [0.05, 0.1) is 18.3 Å². The summed E-state index contributed by atoms with van der Waals surface area (Å²) < 4.78 is 13.0. The van der Waals surface area contributed by atoms with Gasteiger partial charge in [0.15, 0.2) is 17.4 Å². The highest BCUT2D eigenvalue weighted by Gasteiger charge is 2.17. The Morgan fingerprint density at radius 2 is 2.10 bits per heavy atom. The highest BCUT2D eigenvalue weighted by Crippen LogP contribution is 2.22. The Morgan fingerprint density at radius 3 is 2.77 bits per heavy atom. The Bertz CT molecular complexity index is 1040. The largest absolute Gasteiger partial charge is 0.458 e. The molecular formula is C21H26N6O3. The highest BCUT2D eigenvalue weighted by molar-refractivity contribution is 5.91. The molecule has 1 aliphatic rings. The lowest BCUT2D eigenvalue weighted by Gasteiger charge is -2.12. The monoisotopic (exact) mass is 410 g/mol. The number of carbonyl (C=O) groups is 1. The van der Waals surface area contributed by atoms with Gasteiger partial charge in [-0.05, 0) is 51.8 Å². The minimum absolute atomic E-state index is 0.175. The zero-order valence-electron chi connectivity index (χ0n) is 17.4. The highest BCUT2D eigenvalue weighted by atomic mass is 16.5. The summed E-state index contributed by atoms with van der Waals surface area (Å²) >= 11 is 0. The first-order chi connectivity index (χ1) is 14.5. The molecule has 0 radical (unpaired) electrons. The molecule has 9 heteroatoms.